The van der Waals surface area contributed by atoms with Crippen LogP contribution in [0.2, 0.25) is 6.04 Å². The molecular formula is C18H42N2OSi. The third-order valence-electron chi connectivity index (χ3n) is 4.47. The van der Waals surface area contributed by atoms with E-state index in [0.29, 0.717) is 5.41 Å². The summed E-state index contributed by atoms with van der Waals surface area (Å²) < 4.78 is 6.06. The Balaban J connectivity index is 3.92. The van der Waals surface area contributed by atoms with E-state index in [0.717, 1.165) is 6.61 Å². The molecule has 0 aliphatic rings. The molecule has 0 radical (unpaired) electrons. The molecule has 0 aliphatic carbocycles. The first kappa shape index (κ1) is 22.1. The molecule has 0 N–H and O–H groups in total. The minimum Gasteiger partial charge on any atom is -0.424 e. The first-order chi connectivity index (χ1) is 10.5. The van der Waals surface area contributed by atoms with Crippen molar-refractivity contribution in [2.75, 3.05) is 47.9 Å². The Bertz CT molecular complexity index is 237. The topological polar surface area (TPSA) is 15.7 Å². The second-order valence-electron chi connectivity index (χ2n) is 7.46. The molecule has 0 rings (SSSR count). The standard InChI is InChI=1S/C18H42N2OSi/c1-7-9-10-11-12-13-14-21-22-17-18(8-2,15-19(3)4)16-20(5)6/h7-17,22H2,1-6H3. The molecule has 0 bridgehead atoms. The van der Waals surface area contributed by atoms with Gasteiger partial charge in [-0.2, -0.15) is 0 Å². The van der Waals surface area contributed by atoms with E-state index in [9.17, 15) is 0 Å². The molecule has 0 atom stereocenters. The van der Waals surface area contributed by atoms with Crippen molar-refractivity contribution in [3.63, 3.8) is 0 Å². The highest BCUT2D eigenvalue weighted by Gasteiger charge is 2.29. The van der Waals surface area contributed by atoms with Crippen LogP contribution < -0.4 is 0 Å². The molecule has 22 heavy (non-hydrogen) atoms. The molecule has 0 spiro atoms. The van der Waals surface area contributed by atoms with E-state index in [1.165, 1.54) is 64.1 Å². The quantitative estimate of drug-likeness (QED) is 0.338. The lowest BCUT2D eigenvalue weighted by Gasteiger charge is -2.37. The Morgan fingerprint density at radius 1 is 0.818 bits per heavy atom. The van der Waals surface area contributed by atoms with Gasteiger partial charge in [-0.1, -0.05) is 46.0 Å². The van der Waals surface area contributed by atoms with Crippen molar-refractivity contribution in [3.8, 4) is 0 Å². The van der Waals surface area contributed by atoms with E-state index >= 15 is 0 Å². The van der Waals surface area contributed by atoms with Crippen LogP contribution >= 0.6 is 0 Å². The monoisotopic (exact) mass is 330 g/mol. The second-order valence-corrected chi connectivity index (χ2v) is 8.78. The number of nitrogens with zero attached hydrogens (tertiary/aromatic N) is 2. The van der Waals surface area contributed by atoms with Gasteiger partial charge in [0.1, 0.15) is 0 Å². The van der Waals surface area contributed by atoms with Crippen molar-refractivity contribution >= 4 is 9.76 Å². The second kappa shape index (κ2) is 13.5. The summed E-state index contributed by atoms with van der Waals surface area (Å²) in [7, 11) is 8.39. The van der Waals surface area contributed by atoms with Crippen molar-refractivity contribution < 1.29 is 4.43 Å². The summed E-state index contributed by atoms with van der Waals surface area (Å²) in [5.74, 6) is 0. The Morgan fingerprint density at radius 2 is 1.36 bits per heavy atom. The van der Waals surface area contributed by atoms with Gasteiger partial charge in [-0.3, -0.25) is 0 Å². The summed E-state index contributed by atoms with van der Waals surface area (Å²) >= 11 is 0. The molecule has 0 amide bonds. The lowest BCUT2D eigenvalue weighted by molar-refractivity contribution is 0.152. The zero-order valence-corrected chi connectivity index (χ0v) is 17.7. The van der Waals surface area contributed by atoms with E-state index in [2.05, 4.69) is 51.8 Å². The molecule has 3 nitrogen and oxygen atoms in total. The average molecular weight is 331 g/mol. The molecule has 0 aromatic heterocycles. The summed E-state index contributed by atoms with van der Waals surface area (Å²) in [6.07, 6.45) is 9.37. The van der Waals surface area contributed by atoms with Crippen molar-refractivity contribution in [2.45, 2.75) is 64.8 Å². The zero-order chi connectivity index (χ0) is 16.8. The van der Waals surface area contributed by atoms with Gasteiger partial charge < -0.3 is 14.2 Å². The summed E-state index contributed by atoms with van der Waals surface area (Å²) in [5.41, 5.74) is 0.417. The number of hydrogen-bond acceptors (Lipinski definition) is 3. The van der Waals surface area contributed by atoms with Crippen molar-refractivity contribution in [1.29, 1.82) is 0 Å². The van der Waals surface area contributed by atoms with E-state index in [1.807, 2.05) is 0 Å². The number of rotatable bonds is 15. The highest BCUT2D eigenvalue weighted by atomic mass is 28.2. The van der Waals surface area contributed by atoms with Crippen LogP contribution in [-0.2, 0) is 4.43 Å². The van der Waals surface area contributed by atoms with E-state index in [4.69, 9.17) is 4.43 Å². The molecule has 0 aromatic rings. The van der Waals surface area contributed by atoms with Gasteiger partial charge >= 0.3 is 0 Å². The SMILES string of the molecule is CCCCCCCCO[SiH2]CC(CC)(CN(C)C)CN(C)C. The molecular weight excluding hydrogens is 288 g/mol. The zero-order valence-electron chi connectivity index (χ0n) is 16.3. The van der Waals surface area contributed by atoms with Crippen LogP contribution in [0, 0.1) is 5.41 Å². The Hall–Kier alpha value is 0.0969. The molecule has 0 saturated heterocycles. The van der Waals surface area contributed by atoms with Gasteiger partial charge in [-0.25, -0.2) is 0 Å². The predicted octanol–water partition coefficient (Wildman–Crippen LogP) is 3.39. The first-order valence-electron chi connectivity index (χ1n) is 9.33. The molecule has 0 aromatic carbocycles. The Labute approximate surface area is 142 Å². The molecule has 0 fully saturated rings. The fraction of sp³-hybridized carbons (Fsp3) is 1.00. The number of hydrogen-bond donors (Lipinski definition) is 0. The molecule has 134 valence electrons. The Morgan fingerprint density at radius 3 is 1.86 bits per heavy atom. The van der Waals surface area contributed by atoms with Crippen LogP contribution in [0.1, 0.15) is 58.8 Å². The predicted molar refractivity (Wildman–Crippen MR) is 103 cm³/mol. The van der Waals surface area contributed by atoms with Gasteiger partial charge in [0.25, 0.3) is 0 Å². The smallest absolute Gasteiger partial charge is 0.162 e. The van der Waals surface area contributed by atoms with Gasteiger partial charge in [0.15, 0.2) is 9.76 Å². The highest BCUT2D eigenvalue weighted by Crippen LogP contribution is 2.28. The lowest BCUT2D eigenvalue weighted by atomic mass is 9.86. The molecule has 0 aliphatic heterocycles. The average Bonchev–Trinajstić information content (AvgIpc) is 2.44. The largest absolute Gasteiger partial charge is 0.424 e. The molecule has 4 heteroatoms. The third-order valence-corrected chi connectivity index (χ3v) is 6.31. The van der Waals surface area contributed by atoms with Crippen LogP contribution in [-0.4, -0.2) is 67.5 Å². The Kier molecular flexibility index (Phi) is 13.6. The van der Waals surface area contributed by atoms with Crippen LogP contribution in [0.5, 0.6) is 0 Å². The van der Waals surface area contributed by atoms with Crippen LogP contribution in [0.3, 0.4) is 0 Å². The van der Waals surface area contributed by atoms with Gasteiger partial charge in [-0.15, -0.1) is 0 Å². The van der Waals surface area contributed by atoms with Crippen LogP contribution in [0.4, 0.5) is 0 Å². The fourth-order valence-electron chi connectivity index (χ4n) is 3.33. The minimum absolute atomic E-state index is 0.387. The summed E-state index contributed by atoms with van der Waals surface area (Å²) in [6.45, 7) is 7.97. The van der Waals surface area contributed by atoms with Gasteiger partial charge in [0.05, 0.1) is 0 Å². The minimum atomic E-state index is -0.387. The molecule has 0 heterocycles. The summed E-state index contributed by atoms with van der Waals surface area (Å²) in [5, 5.41) is 0. The lowest BCUT2D eigenvalue weighted by Crippen LogP contribution is -2.42. The maximum absolute atomic E-state index is 6.06. The molecule has 0 unspecified atom stereocenters. The van der Waals surface area contributed by atoms with E-state index in [-0.39, 0.29) is 9.76 Å². The summed E-state index contributed by atoms with van der Waals surface area (Å²) in [4.78, 5) is 4.68. The van der Waals surface area contributed by atoms with Crippen molar-refractivity contribution in [1.82, 2.24) is 9.80 Å². The fourth-order valence-corrected chi connectivity index (χ4v) is 4.98. The van der Waals surface area contributed by atoms with Gasteiger partial charge in [-0.05, 0) is 52.5 Å². The first-order valence-corrected chi connectivity index (χ1v) is 10.9. The summed E-state index contributed by atoms with van der Waals surface area (Å²) in [6, 6.07) is 1.30. The van der Waals surface area contributed by atoms with Crippen molar-refractivity contribution in [3.05, 3.63) is 0 Å². The maximum Gasteiger partial charge on any atom is 0.162 e. The van der Waals surface area contributed by atoms with Crippen LogP contribution in [0.25, 0.3) is 0 Å². The molecule has 0 saturated carbocycles. The van der Waals surface area contributed by atoms with E-state index < -0.39 is 0 Å². The third kappa shape index (κ3) is 11.6. The maximum atomic E-state index is 6.06. The van der Waals surface area contributed by atoms with Crippen molar-refractivity contribution in [2.24, 2.45) is 5.41 Å². The number of unbranched alkanes of at least 4 members (excludes halogenated alkanes) is 5. The van der Waals surface area contributed by atoms with Gasteiger partial charge in [0, 0.05) is 19.7 Å². The normalized spacial score (nSPS) is 13.1. The highest BCUT2D eigenvalue weighted by molar-refractivity contribution is 6.27. The van der Waals surface area contributed by atoms with Crippen LogP contribution in [0.15, 0.2) is 0 Å². The van der Waals surface area contributed by atoms with E-state index in [1.54, 1.807) is 0 Å². The van der Waals surface area contributed by atoms with Gasteiger partial charge in [0.2, 0.25) is 0 Å².